The Hall–Kier alpha value is -0.540. The van der Waals surface area contributed by atoms with E-state index in [-0.39, 0.29) is 0 Å². The van der Waals surface area contributed by atoms with E-state index in [1.54, 1.807) is 5.41 Å². The molecule has 0 aromatic heterocycles. The fourth-order valence-electron chi connectivity index (χ4n) is 1.67. The highest BCUT2D eigenvalue weighted by molar-refractivity contribution is 7.83. The molecule has 0 aliphatic carbocycles. The minimum atomic E-state index is 0.617. The average molecular weight is 269 g/mol. The van der Waals surface area contributed by atoms with Gasteiger partial charge in [-0.3, -0.25) is 0 Å². The Morgan fingerprint density at radius 1 is 1.35 bits per heavy atom. The third-order valence-corrected chi connectivity index (χ3v) is 2.72. The molecule has 1 N–H and O–H groups in total. The second kappa shape index (κ2) is 10.6. The Morgan fingerprint density at radius 2 is 2.06 bits per heavy atom. The van der Waals surface area contributed by atoms with E-state index in [2.05, 4.69) is 44.8 Å². The number of thiol groups is 1. The van der Waals surface area contributed by atoms with Crippen LogP contribution in [0.4, 0.5) is 0 Å². The molecule has 0 aromatic rings. The van der Waals surface area contributed by atoms with Crippen molar-refractivity contribution in [3.05, 3.63) is 35.4 Å². The van der Waals surface area contributed by atoms with Gasteiger partial charge in [-0.1, -0.05) is 39.1 Å². The molecule has 1 unspecified atom stereocenters. The number of hydrogen-bond donors (Lipinski definition) is 2. The van der Waals surface area contributed by atoms with Crippen molar-refractivity contribution in [2.24, 2.45) is 11.8 Å². The van der Waals surface area contributed by atoms with Crippen LogP contribution in [0, 0.1) is 11.8 Å². The average Bonchev–Trinajstić information content (AvgIpc) is 2.28. The van der Waals surface area contributed by atoms with E-state index in [1.807, 2.05) is 18.4 Å². The summed E-state index contributed by atoms with van der Waals surface area (Å²) in [5.74, 6) is 1.34. The Morgan fingerprint density at radius 3 is 2.53 bits per heavy atom. The van der Waals surface area contributed by atoms with Crippen LogP contribution < -0.4 is 5.32 Å². The third kappa shape index (κ3) is 9.19. The van der Waals surface area contributed by atoms with Crippen LogP contribution in [0.25, 0.3) is 0 Å². The molecule has 0 aromatic carbocycles. The molecule has 96 valence electrons. The second-order valence-electron chi connectivity index (χ2n) is 4.40. The lowest BCUT2D eigenvalue weighted by Gasteiger charge is -2.13. The lowest BCUT2D eigenvalue weighted by Crippen LogP contribution is -2.01. The molecule has 1 atom stereocenters. The summed E-state index contributed by atoms with van der Waals surface area (Å²) in [7, 11) is 0. The highest BCUT2D eigenvalue weighted by Gasteiger charge is 2.05. The molecule has 0 aliphatic rings. The zero-order valence-corrected chi connectivity index (χ0v) is 12.6. The summed E-state index contributed by atoms with van der Waals surface area (Å²) in [6, 6.07) is 0. The molecular weight excluding hydrogens is 246 g/mol. The van der Waals surface area contributed by atoms with Crippen molar-refractivity contribution in [1.29, 1.82) is 0 Å². The highest BCUT2D eigenvalue weighted by Crippen LogP contribution is 2.19. The first kappa shape index (κ1) is 16.5. The van der Waals surface area contributed by atoms with E-state index >= 15 is 0 Å². The molecule has 0 heterocycles. The van der Waals surface area contributed by atoms with Crippen molar-refractivity contribution >= 4 is 30.3 Å². The molecular formula is C14H23NS2. The number of allylic oxidation sites excluding steroid dienone is 4. The zero-order valence-electron chi connectivity index (χ0n) is 10.9. The minimum Gasteiger partial charge on any atom is -0.359 e. The van der Waals surface area contributed by atoms with Crippen LogP contribution in [-0.2, 0) is 0 Å². The molecule has 1 nitrogen and oxygen atoms in total. The minimum absolute atomic E-state index is 0.617. The van der Waals surface area contributed by atoms with Gasteiger partial charge < -0.3 is 5.32 Å². The van der Waals surface area contributed by atoms with Gasteiger partial charge in [0, 0.05) is 6.20 Å². The van der Waals surface area contributed by atoms with E-state index in [0.29, 0.717) is 5.92 Å². The summed E-state index contributed by atoms with van der Waals surface area (Å²) in [6.07, 6.45) is 10.5. The number of thiocarbonyl (C=S) groups is 1. The summed E-state index contributed by atoms with van der Waals surface area (Å²) >= 11 is 8.82. The van der Waals surface area contributed by atoms with Crippen LogP contribution >= 0.6 is 24.8 Å². The maximum atomic E-state index is 4.70. The normalized spacial score (nSPS) is 14.8. The molecule has 0 bridgehead atoms. The van der Waals surface area contributed by atoms with Crippen LogP contribution in [0.1, 0.15) is 33.6 Å². The summed E-state index contributed by atoms with van der Waals surface area (Å²) in [5, 5.41) is 4.64. The number of hydrogen-bond acceptors (Lipinski definition) is 2. The summed E-state index contributed by atoms with van der Waals surface area (Å²) in [5.41, 5.74) is 2.65. The lowest BCUT2D eigenvalue weighted by atomic mass is 9.93. The maximum absolute atomic E-state index is 4.70. The van der Waals surface area contributed by atoms with Gasteiger partial charge in [-0.25, -0.2) is 0 Å². The molecule has 0 spiro atoms. The summed E-state index contributed by atoms with van der Waals surface area (Å²) in [4.78, 5) is 0. The number of rotatable bonds is 8. The first-order valence-corrected chi connectivity index (χ1v) is 7.01. The van der Waals surface area contributed by atoms with E-state index in [4.69, 9.17) is 12.2 Å². The topological polar surface area (TPSA) is 12.0 Å². The van der Waals surface area contributed by atoms with Crippen LogP contribution in [0.2, 0.25) is 0 Å². The summed E-state index contributed by atoms with van der Waals surface area (Å²) in [6.45, 7) is 6.74. The number of nitrogens with one attached hydrogen (secondary N) is 1. The Kier molecular flexibility index (Phi) is 10.3. The van der Waals surface area contributed by atoms with Gasteiger partial charge >= 0.3 is 0 Å². The quantitative estimate of drug-likeness (QED) is 0.382. The molecule has 0 fully saturated rings. The van der Waals surface area contributed by atoms with Crippen molar-refractivity contribution in [2.75, 3.05) is 0 Å². The molecule has 0 aliphatic heterocycles. The van der Waals surface area contributed by atoms with E-state index in [0.717, 1.165) is 17.9 Å². The predicted octanol–water partition coefficient (Wildman–Crippen LogP) is 4.49. The Labute approximate surface area is 116 Å². The van der Waals surface area contributed by atoms with E-state index < -0.39 is 0 Å². The summed E-state index contributed by atoms with van der Waals surface area (Å²) < 4.78 is 0. The van der Waals surface area contributed by atoms with Crippen LogP contribution in [0.15, 0.2) is 35.4 Å². The fraction of sp³-hybridized carbons (Fsp3) is 0.500. The lowest BCUT2D eigenvalue weighted by molar-refractivity contribution is 0.464. The SMILES string of the molecule is CCC(/C=C(/C=C\S)\C=C/NC=S)CC(C)C. The van der Waals surface area contributed by atoms with Gasteiger partial charge in [0.1, 0.15) is 0 Å². The molecule has 0 saturated carbocycles. The van der Waals surface area contributed by atoms with Crippen LogP contribution in [0.3, 0.4) is 0 Å². The molecule has 17 heavy (non-hydrogen) atoms. The largest absolute Gasteiger partial charge is 0.359 e. The first-order valence-electron chi connectivity index (χ1n) is 6.02. The molecule has 0 rings (SSSR count). The van der Waals surface area contributed by atoms with Gasteiger partial charge in [0.2, 0.25) is 0 Å². The maximum Gasteiger partial charge on any atom is 0.0654 e. The van der Waals surface area contributed by atoms with Gasteiger partial charge in [0.25, 0.3) is 0 Å². The van der Waals surface area contributed by atoms with Crippen LogP contribution in [-0.4, -0.2) is 5.49 Å². The van der Waals surface area contributed by atoms with Crippen molar-refractivity contribution in [3.63, 3.8) is 0 Å². The van der Waals surface area contributed by atoms with Crippen LogP contribution in [0.5, 0.6) is 0 Å². The van der Waals surface area contributed by atoms with Gasteiger partial charge in [-0.05, 0) is 47.8 Å². The van der Waals surface area contributed by atoms with Gasteiger partial charge in [-0.15, -0.1) is 0 Å². The highest BCUT2D eigenvalue weighted by atomic mass is 32.1. The monoisotopic (exact) mass is 269 g/mol. The van der Waals surface area contributed by atoms with E-state index in [1.165, 1.54) is 11.9 Å². The standard InChI is InChI=1S/C14H23NS2/c1-4-13(9-12(2)3)10-14(6-8-16)5-7-15-11-17/h5-8,10-13,16H,4,9H2,1-3H3,(H,15,17)/b7-5-,8-6-,14-10+. The Balaban J connectivity index is 4.68. The second-order valence-corrected chi connectivity index (χ2v) is 4.93. The molecule has 0 radical (unpaired) electrons. The Bertz CT molecular complexity index is 291. The molecule has 0 saturated heterocycles. The molecule has 0 amide bonds. The van der Waals surface area contributed by atoms with Gasteiger partial charge in [0.15, 0.2) is 0 Å². The van der Waals surface area contributed by atoms with Gasteiger partial charge in [-0.2, -0.15) is 12.6 Å². The predicted molar refractivity (Wildman–Crippen MR) is 85.4 cm³/mol. The van der Waals surface area contributed by atoms with Gasteiger partial charge in [0.05, 0.1) is 5.49 Å². The zero-order chi connectivity index (χ0) is 13.1. The third-order valence-electron chi connectivity index (χ3n) is 2.43. The van der Waals surface area contributed by atoms with Crippen molar-refractivity contribution < 1.29 is 0 Å². The van der Waals surface area contributed by atoms with Crippen molar-refractivity contribution in [1.82, 2.24) is 5.32 Å². The van der Waals surface area contributed by atoms with Crippen molar-refractivity contribution in [3.8, 4) is 0 Å². The smallest absolute Gasteiger partial charge is 0.0654 e. The van der Waals surface area contributed by atoms with E-state index in [9.17, 15) is 0 Å². The first-order chi connectivity index (χ1) is 8.13. The van der Waals surface area contributed by atoms with Crippen molar-refractivity contribution in [2.45, 2.75) is 33.6 Å². The fourth-order valence-corrected chi connectivity index (χ4v) is 1.92. The molecule has 3 heteroatoms.